The standard InChI is InChI=1S/C13H12O3/c14-10-2-1-3-11-4-6-12(7-5-11)8-9-13(15)16/h4-7,10H,2,8-9H2,(H,15,16). The van der Waals surface area contributed by atoms with Crippen molar-refractivity contribution in [2.75, 3.05) is 0 Å². The molecule has 0 atom stereocenters. The summed E-state index contributed by atoms with van der Waals surface area (Å²) >= 11 is 0. The third-order valence-electron chi connectivity index (χ3n) is 2.00. The summed E-state index contributed by atoms with van der Waals surface area (Å²) in [7, 11) is 0. The van der Waals surface area contributed by atoms with Crippen LogP contribution in [-0.4, -0.2) is 17.4 Å². The maximum Gasteiger partial charge on any atom is 0.303 e. The highest BCUT2D eigenvalue weighted by Gasteiger charge is 1.98. The Morgan fingerprint density at radius 3 is 2.56 bits per heavy atom. The molecule has 0 aliphatic carbocycles. The molecule has 0 saturated carbocycles. The number of rotatable bonds is 4. The fourth-order valence-corrected chi connectivity index (χ4v) is 1.20. The molecular formula is C13H12O3. The zero-order valence-electron chi connectivity index (χ0n) is 8.77. The molecule has 16 heavy (non-hydrogen) atoms. The van der Waals surface area contributed by atoms with Crippen molar-refractivity contribution in [2.24, 2.45) is 0 Å². The van der Waals surface area contributed by atoms with Gasteiger partial charge < -0.3 is 9.90 Å². The van der Waals surface area contributed by atoms with Crippen LogP contribution in [0.5, 0.6) is 0 Å². The zero-order chi connectivity index (χ0) is 11.8. The van der Waals surface area contributed by atoms with E-state index >= 15 is 0 Å². The van der Waals surface area contributed by atoms with E-state index in [1.54, 1.807) is 0 Å². The lowest BCUT2D eigenvalue weighted by Gasteiger charge is -1.98. The maximum absolute atomic E-state index is 10.4. The van der Waals surface area contributed by atoms with Crippen molar-refractivity contribution < 1.29 is 14.7 Å². The average molecular weight is 216 g/mol. The SMILES string of the molecule is O=CCC#Cc1ccc(CCC(=O)O)cc1. The third-order valence-corrected chi connectivity index (χ3v) is 2.00. The molecule has 0 bridgehead atoms. The molecule has 3 nitrogen and oxygen atoms in total. The number of hydrogen-bond acceptors (Lipinski definition) is 2. The third kappa shape index (κ3) is 4.43. The molecule has 0 aromatic heterocycles. The van der Waals surface area contributed by atoms with Crippen molar-refractivity contribution in [1.29, 1.82) is 0 Å². The molecule has 0 fully saturated rings. The zero-order valence-corrected chi connectivity index (χ0v) is 8.77. The lowest BCUT2D eigenvalue weighted by Crippen LogP contribution is -1.97. The first-order chi connectivity index (χ1) is 7.72. The number of aryl methyl sites for hydroxylation is 1. The number of carbonyl (C=O) groups is 2. The lowest BCUT2D eigenvalue weighted by molar-refractivity contribution is -0.136. The number of carboxylic acid groups (broad SMARTS) is 1. The molecule has 0 amide bonds. The van der Waals surface area contributed by atoms with E-state index in [2.05, 4.69) is 11.8 Å². The average Bonchev–Trinajstić information content (AvgIpc) is 2.28. The van der Waals surface area contributed by atoms with Crippen LogP contribution >= 0.6 is 0 Å². The normalized spacial score (nSPS) is 9.00. The van der Waals surface area contributed by atoms with Crippen LogP contribution in [0, 0.1) is 11.8 Å². The Balaban J connectivity index is 2.58. The van der Waals surface area contributed by atoms with Crippen LogP contribution in [-0.2, 0) is 16.0 Å². The van der Waals surface area contributed by atoms with E-state index in [1.807, 2.05) is 24.3 Å². The summed E-state index contributed by atoms with van der Waals surface area (Å²) in [4.78, 5) is 20.4. The Morgan fingerprint density at radius 2 is 2.00 bits per heavy atom. The second-order valence-electron chi connectivity index (χ2n) is 3.26. The highest BCUT2D eigenvalue weighted by molar-refractivity contribution is 5.67. The summed E-state index contributed by atoms with van der Waals surface area (Å²) in [5.74, 6) is 4.75. The van der Waals surface area contributed by atoms with Gasteiger partial charge >= 0.3 is 5.97 Å². The number of carbonyl (C=O) groups excluding carboxylic acids is 1. The van der Waals surface area contributed by atoms with E-state index in [4.69, 9.17) is 5.11 Å². The van der Waals surface area contributed by atoms with E-state index in [0.717, 1.165) is 17.4 Å². The molecule has 0 aliphatic heterocycles. The van der Waals surface area contributed by atoms with Crippen molar-refractivity contribution in [2.45, 2.75) is 19.3 Å². The Bertz CT molecular complexity index is 421. The molecule has 1 rings (SSSR count). The minimum absolute atomic E-state index is 0.135. The van der Waals surface area contributed by atoms with Crippen molar-refractivity contribution in [3.8, 4) is 11.8 Å². The van der Waals surface area contributed by atoms with Crippen molar-refractivity contribution in [3.05, 3.63) is 35.4 Å². The molecule has 0 unspecified atom stereocenters. The number of benzene rings is 1. The van der Waals surface area contributed by atoms with Crippen LogP contribution in [0.2, 0.25) is 0 Å². The smallest absolute Gasteiger partial charge is 0.303 e. The maximum atomic E-state index is 10.4. The largest absolute Gasteiger partial charge is 0.481 e. The van der Waals surface area contributed by atoms with Crippen LogP contribution in [0.1, 0.15) is 24.0 Å². The van der Waals surface area contributed by atoms with Crippen molar-refractivity contribution in [3.63, 3.8) is 0 Å². The van der Waals surface area contributed by atoms with E-state index in [1.165, 1.54) is 0 Å². The Kier molecular flexibility index (Phi) is 4.81. The van der Waals surface area contributed by atoms with Crippen LogP contribution < -0.4 is 0 Å². The minimum atomic E-state index is -0.796. The van der Waals surface area contributed by atoms with Crippen LogP contribution in [0.25, 0.3) is 0 Å². The Hall–Kier alpha value is -2.08. The summed E-state index contributed by atoms with van der Waals surface area (Å²) in [6, 6.07) is 7.37. The highest BCUT2D eigenvalue weighted by Crippen LogP contribution is 2.05. The number of aliphatic carboxylic acids is 1. The Labute approximate surface area is 94.1 Å². The molecule has 1 aromatic carbocycles. The topological polar surface area (TPSA) is 54.4 Å². The number of hydrogen-bond donors (Lipinski definition) is 1. The van der Waals surface area contributed by atoms with Gasteiger partial charge in [-0.3, -0.25) is 4.79 Å². The lowest BCUT2D eigenvalue weighted by atomic mass is 10.1. The van der Waals surface area contributed by atoms with Gasteiger partial charge in [-0.2, -0.15) is 0 Å². The van der Waals surface area contributed by atoms with Gasteiger partial charge in [0.1, 0.15) is 6.29 Å². The second kappa shape index (κ2) is 6.41. The van der Waals surface area contributed by atoms with E-state index < -0.39 is 5.97 Å². The summed E-state index contributed by atoms with van der Waals surface area (Å²) in [5, 5.41) is 8.52. The summed E-state index contributed by atoms with van der Waals surface area (Å²) in [6.45, 7) is 0. The molecule has 0 aliphatic rings. The van der Waals surface area contributed by atoms with Gasteiger partial charge in [0.2, 0.25) is 0 Å². The van der Waals surface area contributed by atoms with Gasteiger partial charge in [0, 0.05) is 12.0 Å². The van der Waals surface area contributed by atoms with E-state index in [9.17, 15) is 9.59 Å². The fourth-order valence-electron chi connectivity index (χ4n) is 1.20. The second-order valence-corrected chi connectivity index (χ2v) is 3.26. The van der Waals surface area contributed by atoms with Crippen LogP contribution in [0.15, 0.2) is 24.3 Å². The highest BCUT2D eigenvalue weighted by atomic mass is 16.4. The fraction of sp³-hybridized carbons (Fsp3) is 0.231. The minimum Gasteiger partial charge on any atom is -0.481 e. The molecule has 0 spiro atoms. The molecule has 0 saturated heterocycles. The van der Waals surface area contributed by atoms with Gasteiger partial charge in [0.15, 0.2) is 0 Å². The Morgan fingerprint density at radius 1 is 1.31 bits per heavy atom. The molecule has 3 heteroatoms. The van der Waals surface area contributed by atoms with Crippen molar-refractivity contribution in [1.82, 2.24) is 0 Å². The van der Waals surface area contributed by atoms with Gasteiger partial charge in [0.05, 0.1) is 6.42 Å². The first-order valence-corrected chi connectivity index (χ1v) is 4.95. The van der Waals surface area contributed by atoms with Gasteiger partial charge in [-0.05, 0) is 24.1 Å². The quantitative estimate of drug-likeness (QED) is 0.615. The van der Waals surface area contributed by atoms with Gasteiger partial charge in [-0.15, -0.1) is 0 Å². The summed E-state index contributed by atoms with van der Waals surface area (Å²) < 4.78 is 0. The molecule has 82 valence electrons. The van der Waals surface area contributed by atoms with Crippen molar-refractivity contribution >= 4 is 12.3 Å². The van der Waals surface area contributed by atoms with E-state index in [0.29, 0.717) is 6.42 Å². The monoisotopic (exact) mass is 216 g/mol. The first kappa shape index (κ1) is 12.0. The number of aldehydes is 1. The molecule has 0 radical (unpaired) electrons. The van der Waals surface area contributed by atoms with Gasteiger partial charge in [-0.1, -0.05) is 24.0 Å². The molecule has 0 heterocycles. The summed E-state index contributed by atoms with van der Waals surface area (Å²) in [6.07, 6.45) is 1.66. The molecule has 1 aromatic rings. The van der Waals surface area contributed by atoms with Crippen LogP contribution in [0.3, 0.4) is 0 Å². The first-order valence-electron chi connectivity index (χ1n) is 4.95. The number of carboxylic acids is 1. The molecule has 1 N–H and O–H groups in total. The van der Waals surface area contributed by atoms with Crippen LogP contribution in [0.4, 0.5) is 0 Å². The predicted molar refractivity (Wildman–Crippen MR) is 60.0 cm³/mol. The van der Waals surface area contributed by atoms with E-state index in [-0.39, 0.29) is 12.8 Å². The summed E-state index contributed by atoms with van der Waals surface area (Å²) in [5.41, 5.74) is 1.81. The van der Waals surface area contributed by atoms with Gasteiger partial charge in [-0.25, -0.2) is 0 Å². The van der Waals surface area contributed by atoms with Gasteiger partial charge in [0.25, 0.3) is 0 Å². The molecular weight excluding hydrogens is 204 g/mol. The predicted octanol–water partition coefficient (Wildman–Crippen LogP) is 1.64.